The second kappa shape index (κ2) is 14.5. The Bertz CT molecular complexity index is 1840. The highest BCUT2D eigenvalue weighted by Crippen LogP contribution is 2.32. The van der Waals surface area contributed by atoms with Crippen LogP contribution in [0.3, 0.4) is 0 Å². The van der Waals surface area contributed by atoms with Crippen LogP contribution in [0.15, 0.2) is 42.6 Å². The topological polar surface area (TPSA) is 170 Å². The average molecular weight is 692 g/mol. The first kappa shape index (κ1) is 37.2. The SMILES string of the molecule is [C-]#[N+]c1ccc(NC(=O)[C@H](OC(C)=O)[C@H]2OCCN(c3ccc4c(O)n(C)cc4c3)C2=O)cc1CN(C(=O)OC(C)(C)C)C(=O)OC(C)(C)C. The molecule has 2 aromatic carbocycles. The summed E-state index contributed by atoms with van der Waals surface area (Å²) in [5.41, 5.74) is -1.07. The van der Waals surface area contributed by atoms with E-state index in [9.17, 15) is 29.1 Å². The normalized spacial score (nSPS) is 15.5. The van der Waals surface area contributed by atoms with E-state index in [2.05, 4.69) is 10.2 Å². The smallest absolute Gasteiger partial charge is 0.420 e. The van der Waals surface area contributed by atoms with Crippen LogP contribution in [-0.2, 0) is 46.9 Å². The number of carbonyl (C=O) groups excluding carboxylic acids is 5. The number of aromatic nitrogens is 1. The van der Waals surface area contributed by atoms with Gasteiger partial charge in [0.1, 0.15) is 11.2 Å². The molecule has 3 aromatic rings. The highest BCUT2D eigenvalue weighted by atomic mass is 16.6. The van der Waals surface area contributed by atoms with E-state index < -0.39 is 59.9 Å². The Balaban J connectivity index is 1.61. The monoisotopic (exact) mass is 691 g/mol. The van der Waals surface area contributed by atoms with Crippen molar-refractivity contribution >= 4 is 57.8 Å². The van der Waals surface area contributed by atoms with Gasteiger partial charge in [-0.2, -0.15) is 0 Å². The third-order valence-corrected chi connectivity index (χ3v) is 7.23. The molecule has 0 spiro atoms. The van der Waals surface area contributed by atoms with Crippen LogP contribution in [0.25, 0.3) is 15.6 Å². The fourth-order valence-electron chi connectivity index (χ4n) is 5.12. The number of nitrogens with zero attached hydrogens (tertiary/aromatic N) is 4. The van der Waals surface area contributed by atoms with Gasteiger partial charge in [0.05, 0.1) is 19.7 Å². The summed E-state index contributed by atoms with van der Waals surface area (Å²) in [6.07, 6.45) is -3.53. The lowest BCUT2D eigenvalue weighted by Gasteiger charge is -2.35. The number of carbonyl (C=O) groups is 5. The van der Waals surface area contributed by atoms with Crippen molar-refractivity contribution in [3.05, 3.63) is 59.6 Å². The van der Waals surface area contributed by atoms with E-state index in [4.69, 9.17) is 25.5 Å². The second-order valence-corrected chi connectivity index (χ2v) is 13.6. The van der Waals surface area contributed by atoms with Crippen molar-refractivity contribution in [2.45, 2.75) is 78.4 Å². The molecule has 1 aliphatic rings. The van der Waals surface area contributed by atoms with Gasteiger partial charge in [0.25, 0.3) is 11.8 Å². The Kier molecular flexibility index (Phi) is 10.8. The summed E-state index contributed by atoms with van der Waals surface area (Å²) in [6, 6.07) is 9.20. The van der Waals surface area contributed by atoms with Crippen LogP contribution in [-0.4, -0.2) is 81.1 Å². The molecule has 2 N–H and O–H groups in total. The van der Waals surface area contributed by atoms with Crippen LogP contribution in [0, 0.1) is 6.57 Å². The number of hydrogen-bond donors (Lipinski definition) is 2. The number of aromatic hydroxyl groups is 1. The highest BCUT2D eigenvalue weighted by molar-refractivity contribution is 6.05. The van der Waals surface area contributed by atoms with Crippen molar-refractivity contribution in [3.63, 3.8) is 0 Å². The van der Waals surface area contributed by atoms with Crippen molar-refractivity contribution in [3.8, 4) is 5.88 Å². The summed E-state index contributed by atoms with van der Waals surface area (Å²) < 4.78 is 23.4. The summed E-state index contributed by atoms with van der Waals surface area (Å²) in [4.78, 5) is 71.4. The second-order valence-electron chi connectivity index (χ2n) is 13.6. The van der Waals surface area contributed by atoms with Crippen LogP contribution < -0.4 is 10.2 Å². The molecule has 4 rings (SSSR count). The Morgan fingerprint density at radius 3 is 2.28 bits per heavy atom. The van der Waals surface area contributed by atoms with Crippen molar-refractivity contribution in [1.82, 2.24) is 9.47 Å². The molecular formula is C35H41N5O10. The Hall–Kier alpha value is -5.62. The maximum atomic E-state index is 13.7. The average Bonchev–Trinajstić information content (AvgIpc) is 3.29. The molecule has 1 aliphatic heterocycles. The molecule has 4 amide bonds. The number of aryl methyl sites for hydroxylation is 1. The van der Waals surface area contributed by atoms with E-state index in [0.717, 1.165) is 6.92 Å². The Morgan fingerprint density at radius 2 is 1.70 bits per heavy atom. The molecule has 0 saturated carbocycles. The molecule has 15 heteroatoms. The van der Waals surface area contributed by atoms with Gasteiger partial charge in [0, 0.05) is 48.9 Å². The zero-order chi connectivity index (χ0) is 37.1. The lowest BCUT2D eigenvalue weighted by Crippen LogP contribution is -2.56. The summed E-state index contributed by atoms with van der Waals surface area (Å²) in [7, 11) is 1.68. The predicted molar refractivity (Wildman–Crippen MR) is 182 cm³/mol. The van der Waals surface area contributed by atoms with Gasteiger partial charge < -0.3 is 38.8 Å². The molecule has 2 atom stereocenters. The van der Waals surface area contributed by atoms with Gasteiger partial charge in [0.2, 0.25) is 6.10 Å². The van der Waals surface area contributed by atoms with Crippen molar-refractivity contribution < 1.29 is 48.0 Å². The van der Waals surface area contributed by atoms with E-state index in [-0.39, 0.29) is 36.0 Å². The van der Waals surface area contributed by atoms with E-state index in [1.54, 1.807) is 77.6 Å². The van der Waals surface area contributed by atoms with E-state index in [1.807, 2.05) is 0 Å². The molecule has 1 fully saturated rings. The number of nitrogens with one attached hydrogen (secondary N) is 1. The number of hydrogen-bond acceptors (Lipinski definition) is 10. The third-order valence-electron chi connectivity index (χ3n) is 7.23. The lowest BCUT2D eigenvalue weighted by atomic mass is 10.1. The van der Waals surface area contributed by atoms with Gasteiger partial charge in [-0.3, -0.25) is 14.4 Å². The number of imide groups is 1. The van der Waals surface area contributed by atoms with Gasteiger partial charge >= 0.3 is 18.2 Å². The number of morpholine rings is 1. The van der Waals surface area contributed by atoms with Crippen LogP contribution >= 0.6 is 0 Å². The van der Waals surface area contributed by atoms with Crippen LogP contribution in [0.4, 0.5) is 26.7 Å². The third kappa shape index (κ3) is 8.88. The number of anilines is 2. The summed E-state index contributed by atoms with van der Waals surface area (Å²) in [5.74, 6) is -2.30. The number of amides is 4. The first-order valence-electron chi connectivity index (χ1n) is 15.7. The number of fused-ring (bicyclic) bond motifs is 1. The van der Waals surface area contributed by atoms with Crippen molar-refractivity contribution in [2.75, 3.05) is 23.4 Å². The van der Waals surface area contributed by atoms with E-state index >= 15 is 0 Å². The van der Waals surface area contributed by atoms with Crippen LogP contribution in [0.5, 0.6) is 5.88 Å². The fourth-order valence-corrected chi connectivity index (χ4v) is 5.12. The summed E-state index contributed by atoms with van der Waals surface area (Å²) >= 11 is 0. The van der Waals surface area contributed by atoms with Crippen molar-refractivity contribution in [1.29, 1.82) is 0 Å². The number of rotatable bonds is 7. The largest absolute Gasteiger partial charge is 0.494 e. The predicted octanol–water partition coefficient (Wildman–Crippen LogP) is 5.41. The minimum absolute atomic E-state index is 0.0224. The zero-order valence-electron chi connectivity index (χ0n) is 29.2. The summed E-state index contributed by atoms with van der Waals surface area (Å²) in [6.45, 7) is 18.3. The number of ether oxygens (including phenoxy) is 4. The molecule has 50 heavy (non-hydrogen) atoms. The van der Waals surface area contributed by atoms with Crippen LogP contribution in [0.1, 0.15) is 54.0 Å². The number of benzene rings is 2. The van der Waals surface area contributed by atoms with Gasteiger partial charge in [-0.25, -0.2) is 19.3 Å². The molecule has 0 unspecified atom stereocenters. The molecule has 266 valence electrons. The molecule has 1 aromatic heterocycles. The Morgan fingerprint density at radius 1 is 1.06 bits per heavy atom. The number of esters is 1. The lowest BCUT2D eigenvalue weighted by molar-refractivity contribution is -0.167. The van der Waals surface area contributed by atoms with Gasteiger partial charge in [-0.1, -0.05) is 6.07 Å². The molecule has 1 saturated heterocycles. The van der Waals surface area contributed by atoms with Crippen LogP contribution in [0.2, 0.25) is 0 Å². The molecule has 15 nitrogen and oxygen atoms in total. The highest BCUT2D eigenvalue weighted by Gasteiger charge is 2.43. The van der Waals surface area contributed by atoms with Gasteiger partial charge in [-0.15, -0.1) is 0 Å². The molecule has 0 bridgehead atoms. The van der Waals surface area contributed by atoms with Crippen molar-refractivity contribution in [2.24, 2.45) is 7.05 Å². The first-order valence-corrected chi connectivity index (χ1v) is 15.7. The van der Waals surface area contributed by atoms with Gasteiger partial charge in [0.15, 0.2) is 17.7 Å². The quantitative estimate of drug-likeness (QED) is 0.186. The minimum atomic E-state index is -1.71. The molecule has 0 radical (unpaired) electrons. The maximum Gasteiger partial charge on any atom is 0.420 e. The maximum absolute atomic E-state index is 13.7. The molecular weight excluding hydrogens is 650 g/mol. The van der Waals surface area contributed by atoms with E-state index in [1.165, 1.54) is 23.1 Å². The standard InChI is InChI=1S/C35H41N5O10/c1-20(41)48-27(28-31(44)39(14-15-47-28)24-11-12-25-21(17-24)18-38(9)30(25)43)29(42)37-23-10-13-26(36-8)22(16-23)19-40(32(45)49-34(2,3)4)33(46)50-35(5,6)7/h10-13,16-18,27-28,43H,14-15,19H2,1-7,9H3,(H,37,42)/t27-,28-/m1/s1. The van der Waals surface area contributed by atoms with Gasteiger partial charge in [-0.05, 0) is 77.4 Å². The molecule has 2 heterocycles. The van der Waals surface area contributed by atoms with E-state index in [0.29, 0.717) is 21.4 Å². The minimum Gasteiger partial charge on any atom is -0.494 e. The first-order chi connectivity index (χ1) is 23.3. The Labute approximate surface area is 289 Å². The fraction of sp³-hybridized carbons (Fsp3) is 0.429. The summed E-state index contributed by atoms with van der Waals surface area (Å²) in [5, 5.41) is 14.1. The zero-order valence-corrected chi connectivity index (χ0v) is 29.2. The molecule has 0 aliphatic carbocycles.